The van der Waals surface area contributed by atoms with Crippen molar-refractivity contribution in [1.29, 1.82) is 0 Å². The van der Waals surface area contributed by atoms with Crippen LogP contribution in [0.5, 0.6) is 0 Å². The van der Waals surface area contributed by atoms with Crippen molar-refractivity contribution in [2.24, 2.45) is 0 Å². The van der Waals surface area contributed by atoms with Gasteiger partial charge in [0.25, 0.3) is 11.4 Å². The highest BCUT2D eigenvalue weighted by molar-refractivity contribution is 6.32. The Kier molecular flexibility index (Phi) is 5.43. The Hall–Kier alpha value is -2.47. The van der Waals surface area contributed by atoms with E-state index in [1.165, 1.54) is 0 Å². The smallest absolute Gasteiger partial charge is 0.258 e. The van der Waals surface area contributed by atoms with Crippen LogP contribution >= 0.6 is 11.6 Å². The SMILES string of the molecule is O=[N+]([O-])c1ccc(Cl)c([N+](=O)[O-])c1.c1ccccc1. The van der Waals surface area contributed by atoms with Gasteiger partial charge in [-0.1, -0.05) is 48.0 Å². The van der Waals surface area contributed by atoms with Gasteiger partial charge in [0.15, 0.2) is 0 Å². The van der Waals surface area contributed by atoms with Crippen molar-refractivity contribution in [3.05, 3.63) is 79.8 Å². The van der Waals surface area contributed by atoms with Gasteiger partial charge in [-0.2, -0.15) is 0 Å². The van der Waals surface area contributed by atoms with E-state index >= 15 is 0 Å². The van der Waals surface area contributed by atoms with Crippen LogP contribution in [0, 0.1) is 20.2 Å². The molecule has 0 saturated heterocycles. The van der Waals surface area contributed by atoms with E-state index in [0.717, 1.165) is 18.2 Å². The third kappa shape index (κ3) is 4.72. The van der Waals surface area contributed by atoms with Crippen LogP contribution in [0.3, 0.4) is 0 Å². The maximum Gasteiger partial charge on any atom is 0.294 e. The summed E-state index contributed by atoms with van der Waals surface area (Å²) in [7, 11) is 0. The lowest BCUT2D eigenvalue weighted by atomic mass is 10.3. The van der Waals surface area contributed by atoms with Crippen molar-refractivity contribution in [3.63, 3.8) is 0 Å². The van der Waals surface area contributed by atoms with Gasteiger partial charge in [0, 0.05) is 6.07 Å². The van der Waals surface area contributed by atoms with Crippen molar-refractivity contribution in [2.45, 2.75) is 0 Å². The fraction of sp³-hybridized carbons (Fsp3) is 0. The summed E-state index contributed by atoms with van der Waals surface area (Å²) >= 11 is 5.43. The van der Waals surface area contributed by atoms with E-state index in [1.807, 2.05) is 36.4 Å². The van der Waals surface area contributed by atoms with Crippen LogP contribution < -0.4 is 0 Å². The first-order valence-electron chi connectivity index (χ1n) is 5.10. The fourth-order valence-electron chi connectivity index (χ4n) is 1.14. The van der Waals surface area contributed by atoms with Crippen LogP contribution in [0.15, 0.2) is 54.6 Å². The Morgan fingerprint density at radius 1 is 0.842 bits per heavy atom. The lowest BCUT2D eigenvalue weighted by Crippen LogP contribution is -1.92. The zero-order chi connectivity index (χ0) is 14.3. The predicted molar refractivity (Wildman–Crippen MR) is 71.2 cm³/mol. The first-order chi connectivity index (χ1) is 9.02. The standard InChI is InChI=1S/C6H3ClN2O4.C6H6/c7-5-2-1-4(8(10)11)3-6(5)9(12)13;1-2-4-6-5-3-1/h1-3H;1-6H. The summed E-state index contributed by atoms with van der Waals surface area (Å²) in [5, 5.41) is 20.4. The molecule has 2 aromatic carbocycles. The molecule has 0 N–H and O–H groups in total. The molecule has 0 heterocycles. The molecule has 0 amide bonds. The van der Waals surface area contributed by atoms with Crippen molar-refractivity contribution in [1.82, 2.24) is 0 Å². The minimum atomic E-state index is -0.769. The van der Waals surface area contributed by atoms with E-state index < -0.39 is 15.5 Å². The monoisotopic (exact) mass is 280 g/mol. The van der Waals surface area contributed by atoms with Gasteiger partial charge in [-0.3, -0.25) is 20.2 Å². The Morgan fingerprint density at radius 3 is 1.68 bits per heavy atom. The Labute approximate surface area is 113 Å². The maximum atomic E-state index is 10.3. The number of halogens is 1. The molecule has 0 spiro atoms. The average Bonchev–Trinajstić information content (AvgIpc) is 2.41. The molecule has 98 valence electrons. The van der Waals surface area contributed by atoms with Crippen LogP contribution in [0.2, 0.25) is 5.02 Å². The van der Waals surface area contributed by atoms with Gasteiger partial charge in [-0.25, -0.2) is 0 Å². The number of nitrogens with zero attached hydrogens (tertiary/aromatic N) is 2. The maximum absolute atomic E-state index is 10.3. The zero-order valence-electron chi connectivity index (χ0n) is 9.60. The second-order valence-electron chi connectivity index (χ2n) is 3.30. The van der Waals surface area contributed by atoms with Gasteiger partial charge >= 0.3 is 0 Å². The number of non-ortho nitro benzene ring substituents is 1. The molecule has 2 aromatic rings. The van der Waals surface area contributed by atoms with Gasteiger partial charge in [-0.15, -0.1) is 0 Å². The molecule has 0 saturated carbocycles. The van der Waals surface area contributed by atoms with Crippen molar-refractivity contribution in [3.8, 4) is 0 Å². The molecule has 0 aliphatic rings. The van der Waals surface area contributed by atoms with Gasteiger partial charge in [0.1, 0.15) is 5.02 Å². The second-order valence-corrected chi connectivity index (χ2v) is 3.71. The van der Waals surface area contributed by atoms with Crippen LogP contribution in [-0.2, 0) is 0 Å². The van der Waals surface area contributed by atoms with Crippen molar-refractivity contribution in [2.75, 3.05) is 0 Å². The Balaban J connectivity index is 0.000000250. The van der Waals surface area contributed by atoms with E-state index in [2.05, 4.69) is 0 Å². The molecule has 0 bridgehead atoms. The highest BCUT2D eigenvalue weighted by atomic mass is 35.5. The summed E-state index contributed by atoms with van der Waals surface area (Å²) in [6.45, 7) is 0. The van der Waals surface area contributed by atoms with Gasteiger partial charge in [0.2, 0.25) is 0 Å². The lowest BCUT2D eigenvalue weighted by molar-refractivity contribution is -0.394. The molecule has 2 rings (SSSR count). The molecule has 7 heteroatoms. The number of hydrogen-bond acceptors (Lipinski definition) is 4. The minimum absolute atomic E-state index is 0.115. The molecule has 0 fully saturated rings. The minimum Gasteiger partial charge on any atom is -0.258 e. The Morgan fingerprint density at radius 2 is 1.32 bits per heavy atom. The van der Waals surface area contributed by atoms with Crippen LogP contribution in [0.1, 0.15) is 0 Å². The first kappa shape index (κ1) is 14.6. The van der Waals surface area contributed by atoms with Crippen LogP contribution in [0.4, 0.5) is 11.4 Å². The third-order valence-corrected chi connectivity index (χ3v) is 2.32. The molecule has 19 heavy (non-hydrogen) atoms. The number of rotatable bonds is 2. The van der Waals surface area contributed by atoms with Crippen LogP contribution in [-0.4, -0.2) is 9.85 Å². The Bertz CT molecular complexity index is 548. The number of hydrogen-bond donors (Lipinski definition) is 0. The van der Waals surface area contributed by atoms with Crippen LogP contribution in [0.25, 0.3) is 0 Å². The lowest BCUT2D eigenvalue weighted by Gasteiger charge is -1.94. The molecular formula is C12H9ClN2O4. The molecule has 0 aromatic heterocycles. The van der Waals surface area contributed by atoms with Gasteiger partial charge in [-0.05, 0) is 6.07 Å². The largest absolute Gasteiger partial charge is 0.294 e. The summed E-state index contributed by atoms with van der Waals surface area (Å²) in [6.07, 6.45) is 0. The molecular weight excluding hydrogens is 272 g/mol. The molecule has 0 radical (unpaired) electrons. The van der Waals surface area contributed by atoms with Gasteiger partial charge < -0.3 is 0 Å². The van der Waals surface area contributed by atoms with E-state index in [4.69, 9.17) is 11.6 Å². The summed E-state index contributed by atoms with van der Waals surface area (Å²) < 4.78 is 0. The predicted octanol–water partition coefficient (Wildman–Crippen LogP) is 3.84. The fourth-order valence-corrected chi connectivity index (χ4v) is 1.33. The molecule has 0 atom stereocenters. The van der Waals surface area contributed by atoms with E-state index in [1.54, 1.807) is 0 Å². The summed E-state index contributed by atoms with van der Waals surface area (Å²) in [6, 6.07) is 15.1. The molecule has 0 aliphatic carbocycles. The number of nitro benzene ring substituents is 2. The number of benzene rings is 2. The van der Waals surface area contributed by atoms with E-state index in [9.17, 15) is 20.2 Å². The van der Waals surface area contributed by atoms with Crippen molar-refractivity contribution < 1.29 is 9.85 Å². The van der Waals surface area contributed by atoms with Gasteiger partial charge in [0.05, 0.1) is 15.9 Å². The quantitative estimate of drug-likeness (QED) is 0.617. The molecule has 0 aliphatic heterocycles. The average molecular weight is 281 g/mol. The third-order valence-electron chi connectivity index (χ3n) is 2.00. The van der Waals surface area contributed by atoms with Crippen molar-refractivity contribution >= 4 is 23.0 Å². The second kappa shape index (κ2) is 7.07. The normalized spacial score (nSPS) is 9.11. The first-order valence-corrected chi connectivity index (χ1v) is 5.48. The number of nitro groups is 2. The molecule has 6 nitrogen and oxygen atoms in total. The van der Waals surface area contributed by atoms with E-state index in [0.29, 0.717) is 0 Å². The summed E-state index contributed by atoms with van der Waals surface area (Å²) in [4.78, 5) is 19.0. The summed E-state index contributed by atoms with van der Waals surface area (Å²) in [5.41, 5.74) is -0.813. The molecule has 0 unspecified atom stereocenters. The summed E-state index contributed by atoms with van der Waals surface area (Å²) in [5.74, 6) is 0. The topological polar surface area (TPSA) is 86.3 Å². The highest BCUT2D eigenvalue weighted by Crippen LogP contribution is 2.28. The highest BCUT2D eigenvalue weighted by Gasteiger charge is 2.17. The van der Waals surface area contributed by atoms with E-state index in [-0.39, 0.29) is 10.7 Å². The zero-order valence-corrected chi connectivity index (χ0v) is 10.4.